The predicted octanol–water partition coefficient (Wildman–Crippen LogP) is 6.72. The zero-order valence-corrected chi connectivity index (χ0v) is 22.7. The highest BCUT2D eigenvalue weighted by Crippen LogP contribution is 2.39. The number of hydrogen-bond acceptors (Lipinski definition) is 4. The van der Waals surface area contributed by atoms with Crippen LogP contribution in [-0.2, 0) is 19.5 Å². The standard InChI is InChI=1S/C33H41FN2O2/c1-37-30-13-8-9-27(23-30)24-35-19-17-33(18-20-35)16-7-6-11-28-10-3-5-15-32(28)38-22-21-36(26-33)25-29-12-2-4-14-31(29)34/h2-5,8-10,12-15,23H,6-7,11,16-22,24-26H2,1H3. The van der Waals surface area contributed by atoms with Crippen LogP contribution in [-0.4, -0.2) is 49.7 Å². The van der Waals surface area contributed by atoms with E-state index < -0.39 is 0 Å². The Morgan fingerprint density at radius 2 is 1.66 bits per heavy atom. The number of fused-ring (bicyclic) bond motifs is 1. The van der Waals surface area contributed by atoms with Crippen molar-refractivity contribution in [2.75, 3.05) is 39.9 Å². The topological polar surface area (TPSA) is 24.9 Å². The molecule has 38 heavy (non-hydrogen) atoms. The highest BCUT2D eigenvalue weighted by atomic mass is 19.1. The highest BCUT2D eigenvalue weighted by molar-refractivity contribution is 5.33. The van der Waals surface area contributed by atoms with Gasteiger partial charge in [0.15, 0.2) is 0 Å². The summed E-state index contributed by atoms with van der Waals surface area (Å²) in [5.41, 5.74) is 3.62. The average molecular weight is 517 g/mol. The molecule has 1 fully saturated rings. The Kier molecular flexibility index (Phi) is 8.98. The summed E-state index contributed by atoms with van der Waals surface area (Å²) in [4.78, 5) is 5.02. The molecule has 3 aromatic rings. The molecule has 0 aliphatic carbocycles. The molecule has 0 aromatic heterocycles. The molecule has 2 heterocycles. The lowest BCUT2D eigenvalue weighted by Crippen LogP contribution is -2.47. The molecule has 0 radical (unpaired) electrons. The fourth-order valence-corrected chi connectivity index (χ4v) is 6.21. The van der Waals surface area contributed by atoms with Crippen LogP contribution in [0.3, 0.4) is 0 Å². The number of likely N-dealkylation sites (tertiary alicyclic amines) is 1. The lowest BCUT2D eigenvalue weighted by molar-refractivity contribution is 0.0406. The number of nitrogens with zero attached hydrogens (tertiary/aromatic N) is 2. The van der Waals surface area contributed by atoms with Gasteiger partial charge in [-0.3, -0.25) is 9.80 Å². The monoisotopic (exact) mass is 516 g/mol. The van der Waals surface area contributed by atoms with E-state index in [9.17, 15) is 4.39 Å². The van der Waals surface area contributed by atoms with Crippen molar-refractivity contribution in [3.8, 4) is 11.5 Å². The number of hydrogen-bond donors (Lipinski definition) is 0. The molecule has 0 amide bonds. The van der Waals surface area contributed by atoms with Crippen LogP contribution in [0.15, 0.2) is 72.8 Å². The van der Waals surface area contributed by atoms with E-state index in [0.717, 1.165) is 56.2 Å². The summed E-state index contributed by atoms with van der Waals surface area (Å²) >= 11 is 0. The van der Waals surface area contributed by atoms with Crippen LogP contribution < -0.4 is 9.47 Å². The molecule has 1 spiro atoms. The van der Waals surface area contributed by atoms with E-state index in [1.165, 1.54) is 43.2 Å². The number of ether oxygens (including phenoxy) is 2. The normalized spacial score (nSPS) is 19.1. The first-order valence-electron chi connectivity index (χ1n) is 14.1. The van der Waals surface area contributed by atoms with E-state index in [4.69, 9.17) is 9.47 Å². The van der Waals surface area contributed by atoms with E-state index in [-0.39, 0.29) is 11.2 Å². The molecule has 1 saturated heterocycles. The molecule has 2 aliphatic rings. The van der Waals surface area contributed by atoms with Crippen molar-refractivity contribution in [2.45, 2.75) is 51.6 Å². The van der Waals surface area contributed by atoms with Gasteiger partial charge in [0.25, 0.3) is 0 Å². The van der Waals surface area contributed by atoms with Crippen molar-refractivity contribution in [1.82, 2.24) is 9.80 Å². The molecule has 0 atom stereocenters. The second-order valence-electron chi connectivity index (χ2n) is 11.1. The van der Waals surface area contributed by atoms with Crippen molar-refractivity contribution < 1.29 is 13.9 Å². The molecule has 0 N–H and O–H groups in total. The molecule has 5 rings (SSSR count). The molecule has 2 aliphatic heterocycles. The first-order chi connectivity index (χ1) is 18.6. The molecular weight excluding hydrogens is 475 g/mol. The molecule has 0 unspecified atom stereocenters. The Bertz CT molecular complexity index is 1170. The zero-order chi connectivity index (χ0) is 26.2. The zero-order valence-electron chi connectivity index (χ0n) is 22.7. The van der Waals surface area contributed by atoms with Gasteiger partial charge in [-0.15, -0.1) is 0 Å². The SMILES string of the molecule is COc1cccc(CN2CCC3(CCCCc4ccccc4OCCN(Cc4ccccc4F)C3)CC2)c1. The number of rotatable bonds is 5. The van der Waals surface area contributed by atoms with Gasteiger partial charge >= 0.3 is 0 Å². The third kappa shape index (κ3) is 6.95. The van der Waals surface area contributed by atoms with Crippen LogP contribution in [0.1, 0.15) is 48.8 Å². The van der Waals surface area contributed by atoms with Gasteiger partial charge in [-0.2, -0.15) is 0 Å². The van der Waals surface area contributed by atoms with Crippen LogP contribution in [0.2, 0.25) is 0 Å². The summed E-state index contributed by atoms with van der Waals surface area (Å²) in [7, 11) is 1.73. The first kappa shape index (κ1) is 26.7. The number of benzene rings is 3. The number of piperidine rings is 1. The van der Waals surface area contributed by atoms with E-state index in [0.29, 0.717) is 13.2 Å². The van der Waals surface area contributed by atoms with Crippen LogP contribution in [0, 0.1) is 11.2 Å². The number of para-hydroxylation sites is 1. The Morgan fingerprint density at radius 1 is 0.842 bits per heavy atom. The lowest BCUT2D eigenvalue weighted by atomic mass is 9.73. The Balaban J connectivity index is 1.31. The largest absolute Gasteiger partial charge is 0.497 e. The Labute approximate surface area is 227 Å². The molecule has 0 bridgehead atoms. The summed E-state index contributed by atoms with van der Waals surface area (Å²) in [5, 5.41) is 0. The Morgan fingerprint density at radius 3 is 2.50 bits per heavy atom. The van der Waals surface area contributed by atoms with Crippen molar-refractivity contribution in [1.29, 1.82) is 0 Å². The average Bonchev–Trinajstić information content (AvgIpc) is 2.94. The smallest absolute Gasteiger partial charge is 0.127 e. The Hall–Kier alpha value is -2.89. The first-order valence-corrected chi connectivity index (χ1v) is 14.1. The summed E-state index contributed by atoms with van der Waals surface area (Å²) in [6, 6.07) is 24.1. The maximum absolute atomic E-state index is 14.7. The van der Waals surface area contributed by atoms with Crippen molar-refractivity contribution in [3.63, 3.8) is 0 Å². The van der Waals surface area contributed by atoms with Gasteiger partial charge in [-0.25, -0.2) is 4.39 Å². The van der Waals surface area contributed by atoms with Gasteiger partial charge in [0, 0.05) is 31.7 Å². The minimum atomic E-state index is -0.118. The van der Waals surface area contributed by atoms with Crippen molar-refractivity contribution in [2.24, 2.45) is 5.41 Å². The van der Waals surface area contributed by atoms with Crippen LogP contribution in [0.4, 0.5) is 4.39 Å². The van der Waals surface area contributed by atoms with Crippen molar-refractivity contribution >= 4 is 0 Å². The second-order valence-corrected chi connectivity index (χ2v) is 11.1. The second kappa shape index (κ2) is 12.8. The number of methoxy groups -OCH3 is 1. The fraction of sp³-hybridized carbons (Fsp3) is 0.455. The van der Waals surface area contributed by atoms with Gasteiger partial charge in [-0.05, 0) is 86.0 Å². The quantitative estimate of drug-likeness (QED) is 0.376. The molecular formula is C33H41FN2O2. The minimum Gasteiger partial charge on any atom is -0.497 e. The van der Waals surface area contributed by atoms with Gasteiger partial charge in [-0.1, -0.05) is 55.0 Å². The third-order valence-corrected chi connectivity index (χ3v) is 8.41. The summed E-state index contributed by atoms with van der Waals surface area (Å²) < 4.78 is 26.4. The van der Waals surface area contributed by atoms with Crippen LogP contribution in [0.5, 0.6) is 11.5 Å². The molecule has 5 heteroatoms. The lowest BCUT2D eigenvalue weighted by Gasteiger charge is -2.45. The van der Waals surface area contributed by atoms with E-state index in [1.54, 1.807) is 19.2 Å². The fourth-order valence-electron chi connectivity index (χ4n) is 6.21. The third-order valence-electron chi connectivity index (χ3n) is 8.41. The van der Waals surface area contributed by atoms with Gasteiger partial charge in [0.2, 0.25) is 0 Å². The van der Waals surface area contributed by atoms with Gasteiger partial charge in [0.1, 0.15) is 23.9 Å². The van der Waals surface area contributed by atoms with E-state index in [2.05, 4.69) is 52.3 Å². The number of halogens is 1. The molecule has 0 saturated carbocycles. The predicted molar refractivity (Wildman–Crippen MR) is 151 cm³/mol. The summed E-state index contributed by atoms with van der Waals surface area (Å²) in [6.07, 6.45) is 7.00. The summed E-state index contributed by atoms with van der Waals surface area (Å²) in [6.45, 7) is 6.14. The van der Waals surface area contributed by atoms with E-state index in [1.807, 2.05) is 18.2 Å². The summed E-state index contributed by atoms with van der Waals surface area (Å²) in [5.74, 6) is 1.80. The number of aryl methyl sites for hydroxylation is 1. The minimum absolute atomic E-state index is 0.118. The highest BCUT2D eigenvalue weighted by Gasteiger charge is 2.36. The van der Waals surface area contributed by atoms with Crippen LogP contribution >= 0.6 is 0 Å². The van der Waals surface area contributed by atoms with Gasteiger partial charge < -0.3 is 9.47 Å². The molecule has 3 aromatic carbocycles. The molecule has 202 valence electrons. The maximum Gasteiger partial charge on any atom is 0.127 e. The van der Waals surface area contributed by atoms with Crippen LogP contribution in [0.25, 0.3) is 0 Å². The van der Waals surface area contributed by atoms with E-state index >= 15 is 0 Å². The maximum atomic E-state index is 14.7. The van der Waals surface area contributed by atoms with Crippen molar-refractivity contribution in [3.05, 3.63) is 95.3 Å². The van der Waals surface area contributed by atoms with Gasteiger partial charge in [0.05, 0.1) is 7.11 Å². The molecule has 4 nitrogen and oxygen atoms in total.